The minimum atomic E-state index is -4.55. The molecule has 4 rings (SSSR count). The highest BCUT2D eigenvalue weighted by molar-refractivity contribution is 5.76. The van der Waals surface area contributed by atoms with Gasteiger partial charge in [-0.05, 0) is 58.6 Å². The SMILES string of the molecule is Cc1cc(C(F)(F)F)n2nc([C@H]3CCCCN3C(=O)Cn3nc(C)c(C)c3C)cc2n1. The number of alkyl halides is 3. The highest BCUT2D eigenvalue weighted by Gasteiger charge is 2.36. The predicted molar refractivity (Wildman–Crippen MR) is 107 cm³/mol. The molecule has 0 spiro atoms. The predicted octanol–water partition coefficient (Wildman–Crippen LogP) is 3.93. The molecule has 1 atom stereocenters. The standard InChI is InChI=1S/C21H25F3N6O/c1-12-9-18(21(22,23)24)30-19(25-12)10-16(27-30)17-7-5-6-8-28(17)20(31)11-29-15(4)13(2)14(3)26-29/h9-10,17H,5-8,11H2,1-4H3/t17-/m1/s1. The minimum absolute atomic E-state index is 0.0928. The molecule has 31 heavy (non-hydrogen) atoms. The number of rotatable bonds is 3. The fourth-order valence-corrected chi connectivity index (χ4v) is 4.18. The molecule has 1 aliphatic heterocycles. The smallest absolute Gasteiger partial charge is 0.332 e. The lowest BCUT2D eigenvalue weighted by Crippen LogP contribution is -2.40. The number of piperidine rings is 1. The largest absolute Gasteiger partial charge is 0.433 e. The van der Waals surface area contributed by atoms with Gasteiger partial charge >= 0.3 is 6.18 Å². The summed E-state index contributed by atoms with van der Waals surface area (Å²) in [6.07, 6.45) is -2.19. The summed E-state index contributed by atoms with van der Waals surface area (Å²) < 4.78 is 43.0. The van der Waals surface area contributed by atoms with E-state index in [1.54, 1.807) is 15.6 Å². The Balaban J connectivity index is 1.68. The number of hydrogen-bond acceptors (Lipinski definition) is 4. The van der Waals surface area contributed by atoms with E-state index in [4.69, 9.17) is 0 Å². The number of halogens is 3. The lowest BCUT2D eigenvalue weighted by molar-refractivity contribution is -0.143. The minimum Gasteiger partial charge on any atom is -0.332 e. The van der Waals surface area contributed by atoms with Crippen molar-refractivity contribution in [1.82, 2.24) is 29.3 Å². The summed E-state index contributed by atoms with van der Waals surface area (Å²) in [6, 6.07) is 2.16. The van der Waals surface area contributed by atoms with Crippen LogP contribution < -0.4 is 0 Å². The van der Waals surface area contributed by atoms with Crippen LogP contribution in [0.15, 0.2) is 12.1 Å². The van der Waals surface area contributed by atoms with Gasteiger partial charge in [0.05, 0.1) is 17.4 Å². The Kier molecular flexibility index (Phi) is 5.26. The molecule has 0 radical (unpaired) electrons. The first kappa shape index (κ1) is 21.3. The summed E-state index contributed by atoms with van der Waals surface area (Å²) in [5.74, 6) is -0.118. The normalized spacial score (nSPS) is 17.5. The number of likely N-dealkylation sites (tertiary alicyclic amines) is 1. The number of aryl methyl sites for hydroxylation is 2. The third kappa shape index (κ3) is 3.90. The maximum Gasteiger partial charge on any atom is 0.433 e. The van der Waals surface area contributed by atoms with E-state index in [0.717, 1.165) is 40.4 Å². The van der Waals surface area contributed by atoms with Crippen LogP contribution in [0.4, 0.5) is 13.2 Å². The summed E-state index contributed by atoms with van der Waals surface area (Å²) in [6.45, 7) is 7.94. The first-order valence-electron chi connectivity index (χ1n) is 10.3. The molecule has 7 nitrogen and oxygen atoms in total. The molecule has 0 aromatic carbocycles. The molecule has 0 N–H and O–H groups in total. The molecule has 0 aliphatic carbocycles. The van der Waals surface area contributed by atoms with Crippen LogP contribution in [-0.4, -0.2) is 41.7 Å². The number of carbonyl (C=O) groups excluding carboxylic acids is 1. The molecule has 0 saturated carbocycles. The zero-order valence-corrected chi connectivity index (χ0v) is 18.0. The Bertz CT molecular complexity index is 1150. The van der Waals surface area contributed by atoms with Gasteiger partial charge < -0.3 is 4.90 Å². The van der Waals surface area contributed by atoms with Crippen LogP contribution in [0.25, 0.3) is 5.65 Å². The fraction of sp³-hybridized carbons (Fsp3) is 0.524. The Morgan fingerprint density at radius 3 is 2.52 bits per heavy atom. The molecule has 0 bridgehead atoms. The van der Waals surface area contributed by atoms with E-state index in [9.17, 15) is 18.0 Å². The molecular formula is C21H25F3N6O. The van der Waals surface area contributed by atoms with Crippen LogP contribution in [0.1, 0.15) is 59.3 Å². The zero-order chi connectivity index (χ0) is 22.5. The van der Waals surface area contributed by atoms with Gasteiger partial charge in [-0.1, -0.05) is 0 Å². The molecule has 0 unspecified atom stereocenters. The first-order valence-corrected chi connectivity index (χ1v) is 10.3. The second-order valence-corrected chi connectivity index (χ2v) is 8.17. The van der Waals surface area contributed by atoms with Crippen molar-refractivity contribution in [2.75, 3.05) is 6.54 Å². The Morgan fingerprint density at radius 1 is 1.13 bits per heavy atom. The molecule has 166 valence electrons. The molecule has 1 amide bonds. The number of fused-ring (bicyclic) bond motifs is 1. The van der Waals surface area contributed by atoms with Gasteiger partial charge in [0, 0.05) is 24.0 Å². The molecule has 4 heterocycles. The van der Waals surface area contributed by atoms with Crippen LogP contribution in [0, 0.1) is 27.7 Å². The number of hydrogen-bond donors (Lipinski definition) is 0. The maximum atomic E-state index is 13.5. The Hall–Kier alpha value is -2.91. The topological polar surface area (TPSA) is 68.3 Å². The maximum absolute atomic E-state index is 13.5. The van der Waals surface area contributed by atoms with Gasteiger partial charge in [-0.3, -0.25) is 9.48 Å². The van der Waals surface area contributed by atoms with Crippen LogP contribution in [0.3, 0.4) is 0 Å². The molecule has 10 heteroatoms. The van der Waals surface area contributed by atoms with E-state index in [1.807, 2.05) is 20.8 Å². The molecule has 3 aromatic heterocycles. The summed E-state index contributed by atoms with van der Waals surface area (Å²) >= 11 is 0. The lowest BCUT2D eigenvalue weighted by Gasteiger charge is -2.34. The van der Waals surface area contributed by atoms with E-state index in [-0.39, 0.29) is 29.8 Å². The van der Waals surface area contributed by atoms with Crippen molar-refractivity contribution >= 4 is 11.6 Å². The van der Waals surface area contributed by atoms with Gasteiger partial charge in [0.2, 0.25) is 5.91 Å². The van der Waals surface area contributed by atoms with Crippen molar-refractivity contribution in [3.8, 4) is 0 Å². The Labute approximate surface area is 177 Å². The number of amides is 1. The third-order valence-corrected chi connectivity index (χ3v) is 6.06. The molecule has 1 aliphatic rings. The van der Waals surface area contributed by atoms with Gasteiger partial charge in [0.15, 0.2) is 5.65 Å². The number of aromatic nitrogens is 5. The van der Waals surface area contributed by atoms with E-state index >= 15 is 0 Å². The van der Waals surface area contributed by atoms with Crippen molar-refractivity contribution in [1.29, 1.82) is 0 Å². The fourth-order valence-electron chi connectivity index (χ4n) is 4.18. The number of carbonyl (C=O) groups is 1. The van der Waals surface area contributed by atoms with Crippen LogP contribution in [-0.2, 0) is 17.5 Å². The van der Waals surface area contributed by atoms with Gasteiger partial charge in [0.25, 0.3) is 0 Å². The molecule has 3 aromatic rings. The van der Waals surface area contributed by atoms with E-state index in [2.05, 4.69) is 15.2 Å². The zero-order valence-electron chi connectivity index (χ0n) is 18.0. The summed E-state index contributed by atoms with van der Waals surface area (Å²) in [4.78, 5) is 19.1. The summed E-state index contributed by atoms with van der Waals surface area (Å²) in [5, 5.41) is 8.68. The van der Waals surface area contributed by atoms with E-state index in [0.29, 0.717) is 18.7 Å². The van der Waals surface area contributed by atoms with Gasteiger partial charge in [-0.15, -0.1) is 0 Å². The monoisotopic (exact) mass is 434 g/mol. The van der Waals surface area contributed by atoms with Gasteiger partial charge in [0.1, 0.15) is 12.2 Å². The van der Waals surface area contributed by atoms with Gasteiger partial charge in [-0.25, -0.2) is 9.50 Å². The average molecular weight is 434 g/mol. The van der Waals surface area contributed by atoms with Crippen molar-refractivity contribution in [3.05, 3.63) is 46.2 Å². The van der Waals surface area contributed by atoms with Crippen LogP contribution >= 0.6 is 0 Å². The van der Waals surface area contributed by atoms with E-state index in [1.165, 1.54) is 6.92 Å². The Morgan fingerprint density at radius 2 is 1.87 bits per heavy atom. The molecule has 1 fully saturated rings. The highest BCUT2D eigenvalue weighted by atomic mass is 19.4. The second-order valence-electron chi connectivity index (χ2n) is 8.17. The second kappa shape index (κ2) is 7.65. The average Bonchev–Trinajstić information content (AvgIpc) is 3.23. The third-order valence-electron chi connectivity index (χ3n) is 6.06. The van der Waals surface area contributed by atoms with Crippen molar-refractivity contribution in [2.45, 2.75) is 65.7 Å². The molecule has 1 saturated heterocycles. The van der Waals surface area contributed by atoms with Crippen LogP contribution in [0.2, 0.25) is 0 Å². The lowest BCUT2D eigenvalue weighted by atomic mass is 9.99. The van der Waals surface area contributed by atoms with Crippen molar-refractivity contribution < 1.29 is 18.0 Å². The quantitative estimate of drug-likeness (QED) is 0.626. The van der Waals surface area contributed by atoms with Crippen LogP contribution in [0.5, 0.6) is 0 Å². The highest BCUT2D eigenvalue weighted by Crippen LogP contribution is 2.34. The number of nitrogens with zero attached hydrogens (tertiary/aromatic N) is 6. The van der Waals surface area contributed by atoms with Gasteiger partial charge in [-0.2, -0.15) is 23.4 Å². The van der Waals surface area contributed by atoms with Crippen molar-refractivity contribution in [3.63, 3.8) is 0 Å². The first-order chi connectivity index (χ1) is 14.6. The molecular weight excluding hydrogens is 409 g/mol. The van der Waals surface area contributed by atoms with Crippen molar-refractivity contribution in [2.24, 2.45) is 0 Å². The summed E-state index contributed by atoms with van der Waals surface area (Å²) in [5.41, 5.74) is 2.82. The summed E-state index contributed by atoms with van der Waals surface area (Å²) in [7, 11) is 0. The van der Waals surface area contributed by atoms with E-state index < -0.39 is 11.9 Å².